The van der Waals surface area contributed by atoms with Gasteiger partial charge in [-0.1, -0.05) is 193 Å². The molecule has 0 aromatic heterocycles. The molecule has 1 unspecified atom stereocenters. The highest BCUT2D eigenvalue weighted by molar-refractivity contribution is 5.83. The summed E-state index contributed by atoms with van der Waals surface area (Å²) in [6.45, 7) is 4.58. The van der Waals surface area contributed by atoms with Gasteiger partial charge in [-0.3, -0.25) is 0 Å². The van der Waals surface area contributed by atoms with Crippen LogP contribution in [-0.4, -0.2) is 0 Å². The number of allylic oxidation sites excluding steroid dienone is 1. The summed E-state index contributed by atoms with van der Waals surface area (Å²) in [5.41, 5.74) is 18.7. The summed E-state index contributed by atoms with van der Waals surface area (Å²) in [6, 6.07) is 66.5. The van der Waals surface area contributed by atoms with Gasteiger partial charge in [-0.25, -0.2) is 0 Å². The maximum Gasteiger partial charge on any atom is 0.0418 e. The minimum atomic E-state index is -0.430. The van der Waals surface area contributed by atoms with Crippen LogP contribution in [0.3, 0.4) is 0 Å². The second-order valence-electron chi connectivity index (χ2n) is 14.7. The van der Waals surface area contributed by atoms with Gasteiger partial charge in [0.1, 0.15) is 0 Å². The van der Waals surface area contributed by atoms with Crippen LogP contribution in [0.2, 0.25) is 0 Å². The number of aryl methyl sites for hydroxylation is 1. The second kappa shape index (κ2) is 12.9. The summed E-state index contributed by atoms with van der Waals surface area (Å²) in [6.07, 6.45) is 4.28. The fourth-order valence-electron chi connectivity index (χ4n) is 9.42. The zero-order chi connectivity index (χ0) is 34.4. The third-order valence-corrected chi connectivity index (χ3v) is 11.5. The molecular formula is C51H42. The van der Waals surface area contributed by atoms with Gasteiger partial charge in [0.25, 0.3) is 0 Å². The lowest BCUT2D eigenvalue weighted by molar-refractivity contribution is 0.405. The number of rotatable bonds is 8. The summed E-state index contributed by atoms with van der Waals surface area (Å²) >= 11 is 0. The lowest BCUT2D eigenvalue weighted by Gasteiger charge is -2.47. The van der Waals surface area contributed by atoms with Crippen molar-refractivity contribution in [3.05, 3.63) is 243 Å². The molecule has 0 saturated carbocycles. The molecule has 7 aromatic rings. The van der Waals surface area contributed by atoms with Crippen molar-refractivity contribution in [1.29, 1.82) is 0 Å². The van der Waals surface area contributed by atoms with E-state index in [1.165, 1.54) is 77.9 Å². The summed E-state index contributed by atoms with van der Waals surface area (Å²) in [4.78, 5) is 0. The van der Waals surface area contributed by atoms with E-state index < -0.39 is 5.41 Å². The van der Waals surface area contributed by atoms with Gasteiger partial charge in [0.2, 0.25) is 0 Å². The Hall–Kier alpha value is -5.72. The fourth-order valence-corrected chi connectivity index (χ4v) is 9.42. The van der Waals surface area contributed by atoms with Gasteiger partial charge in [0, 0.05) is 17.3 Å². The first-order valence-electron chi connectivity index (χ1n) is 18.3. The first-order valence-corrected chi connectivity index (χ1v) is 18.3. The maximum absolute atomic E-state index is 2.55. The average molecular weight is 655 g/mol. The van der Waals surface area contributed by atoms with Crippen molar-refractivity contribution in [2.24, 2.45) is 0 Å². The van der Waals surface area contributed by atoms with Crippen LogP contribution in [0.25, 0.3) is 17.2 Å². The maximum atomic E-state index is 2.55. The van der Waals surface area contributed by atoms with E-state index in [0.717, 1.165) is 12.8 Å². The molecule has 0 heteroatoms. The Bertz CT molecular complexity index is 2230. The van der Waals surface area contributed by atoms with Gasteiger partial charge < -0.3 is 0 Å². The SMILES string of the molecule is CC1=Cc2cc(C)ccc2C1C(c1ccccc1)(c1ccccc1)C1c2cc(Cc3ccccc3)ccc2-c2ccc(Cc3ccccc3)cc21. The molecule has 0 bridgehead atoms. The molecule has 0 nitrogen and oxygen atoms in total. The zero-order valence-electron chi connectivity index (χ0n) is 29.4. The Morgan fingerprint density at radius 1 is 0.412 bits per heavy atom. The third kappa shape index (κ3) is 5.38. The average Bonchev–Trinajstić information content (AvgIpc) is 3.67. The first-order chi connectivity index (χ1) is 25.1. The van der Waals surface area contributed by atoms with Gasteiger partial charge in [-0.15, -0.1) is 0 Å². The van der Waals surface area contributed by atoms with Crippen molar-refractivity contribution in [2.75, 3.05) is 0 Å². The zero-order valence-corrected chi connectivity index (χ0v) is 29.4. The number of hydrogen-bond acceptors (Lipinski definition) is 0. The summed E-state index contributed by atoms with van der Waals surface area (Å²) in [5, 5.41) is 0. The number of fused-ring (bicyclic) bond motifs is 4. The van der Waals surface area contributed by atoms with Gasteiger partial charge in [0.15, 0.2) is 0 Å². The highest BCUT2D eigenvalue weighted by Gasteiger charge is 2.54. The predicted octanol–water partition coefficient (Wildman–Crippen LogP) is 12.5. The van der Waals surface area contributed by atoms with Gasteiger partial charge in [-0.2, -0.15) is 0 Å². The highest BCUT2D eigenvalue weighted by Crippen LogP contribution is 2.64. The van der Waals surface area contributed by atoms with Crippen molar-refractivity contribution in [3.8, 4) is 11.1 Å². The molecular weight excluding hydrogens is 613 g/mol. The van der Waals surface area contributed by atoms with Crippen LogP contribution in [0.1, 0.15) is 80.0 Å². The van der Waals surface area contributed by atoms with Crippen LogP contribution in [-0.2, 0) is 18.3 Å². The molecule has 51 heavy (non-hydrogen) atoms. The molecule has 0 saturated heterocycles. The van der Waals surface area contributed by atoms with E-state index in [4.69, 9.17) is 0 Å². The van der Waals surface area contributed by atoms with Crippen LogP contribution >= 0.6 is 0 Å². The van der Waals surface area contributed by atoms with Crippen LogP contribution in [0.5, 0.6) is 0 Å². The van der Waals surface area contributed by atoms with E-state index in [-0.39, 0.29) is 11.8 Å². The normalized spacial score (nSPS) is 14.9. The molecule has 246 valence electrons. The summed E-state index contributed by atoms with van der Waals surface area (Å²) in [7, 11) is 0. The molecule has 0 N–H and O–H groups in total. The van der Waals surface area contributed by atoms with Crippen molar-refractivity contribution in [3.63, 3.8) is 0 Å². The predicted molar refractivity (Wildman–Crippen MR) is 213 cm³/mol. The molecule has 2 aliphatic carbocycles. The van der Waals surface area contributed by atoms with Crippen molar-refractivity contribution in [1.82, 2.24) is 0 Å². The molecule has 0 aliphatic heterocycles. The second-order valence-corrected chi connectivity index (χ2v) is 14.7. The Labute approximate surface area is 302 Å². The summed E-state index contributed by atoms with van der Waals surface area (Å²) < 4.78 is 0. The Morgan fingerprint density at radius 2 is 0.882 bits per heavy atom. The monoisotopic (exact) mass is 654 g/mol. The van der Waals surface area contributed by atoms with Crippen LogP contribution in [0, 0.1) is 6.92 Å². The molecule has 0 heterocycles. The quantitative estimate of drug-likeness (QED) is 0.153. The molecule has 0 radical (unpaired) electrons. The topological polar surface area (TPSA) is 0 Å². The smallest absolute Gasteiger partial charge is 0.0418 e. The third-order valence-electron chi connectivity index (χ3n) is 11.5. The van der Waals surface area contributed by atoms with E-state index >= 15 is 0 Å². The lowest BCUT2D eigenvalue weighted by Crippen LogP contribution is -2.41. The Kier molecular flexibility index (Phi) is 7.89. The first kappa shape index (κ1) is 31.3. The standard InChI is InChI=1S/C51H42/c1-35-23-26-44-41(29-35)30-36(2)49(44)51(42-19-11-5-12-20-42,43-21-13-6-14-22-43)50-47-33-39(31-37-15-7-3-8-16-37)24-27-45(47)46-28-25-40(34-48(46)50)32-38-17-9-4-10-18-38/h3-30,33-34,49-50H,31-32H2,1-2H3. The van der Waals surface area contributed by atoms with Crippen LogP contribution < -0.4 is 0 Å². The molecule has 0 amide bonds. The molecule has 9 rings (SSSR count). The van der Waals surface area contributed by atoms with Crippen molar-refractivity contribution in [2.45, 2.75) is 43.9 Å². The van der Waals surface area contributed by atoms with Gasteiger partial charge in [-0.05, 0) is 93.5 Å². The van der Waals surface area contributed by atoms with Crippen molar-refractivity contribution >= 4 is 6.08 Å². The van der Waals surface area contributed by atoms with Crippen molar-refractivity contribution < 1.29 is 0 Å². The van der Waals surface area contributed by atoms with Gasteiger partial charge >= 0.3 is 0 Å². The molecule has 7 aromatic carbocycles. The Balaban J connectivity index is 1.35. The largest absolute Gasteiger partial charge is 0.0639 e. The molecule has 1 atom stereocenters. The molecule has 2 aliphatic rings. The van der Waals surface area contributed by atoms with E-state index in [2.05, 4.69) is 196 Å². The van der Waals surface area contributed by atoms with Gasteiger partial charge in [0.05, 0.1) is 0 Å². The van der Waals surface area contributed by atoms with E-state index in [9.17, 15) is 0 Å². The minimum absolute atomic E-state index is 0.0688. The van der Waals surface area contributed by atoms with Crippen LogP contribution in [0.15, 0.2) is 181 Å². The van der Waals surface area contributed by atoms with Crippen LogP contribution in [0.4, 0.5) is 0 Å². The Morgan fingerprint density at radius 3 is 1.37 bits per heavy atom. The summed E-state index contributed by atoms with van der Waals surface area (Å²) in [5.74, 6) is 0.205. The highest BCUT2D eigenvalue weighted by atomic mass is 14.6. The van der Waals surface area contributed by atoms with E-state index in [1.807, 2.05) is 0 Å². The minimum Gasteiger partial charge on any atom is -0.0639 e. The molecule has 0 spiro atoms. The lowest BCUT2D eigenvalue weighted by atomic mass is 9.54. The molecule has 0 fully saturated rings. The van der Waals surface area contributed by atoms with E-state index in [1.54, 1.807) is 0 Å². The fraction of sp³-hybridized carbons (Fsp3) is 0.137. The number of hydrogen-bond donors (Lipinski definition) is 0. The number of benzene rings is 7. The van der Waals surface area contributed by atoms with E-state index in [0.29, 0.717) is 0 Å².